The van der Waals surface area contributed by atoms with E-state index in [0.717, 1.165) is 5.56 Å². The smallest absolute Gasteiger partial charge is 0.337 e. The van der Waals surface area contributed by atoms with Crippen molar-refractivity contribution in [2.24, 2.45) is 0 Å². The predicted octanol–water partition coefficient (Wildman–Crippen LogP) is 2.62. The minimum Gasteiger partial charge on any atom is -0.465 e. The Morgan fingerprint density at radius 2 is 1.60 bits per heavy atom. The van der Waals surface area contributed by atoms with Crippen LogP contribution < -0.4 is 4.74 Å². The first-order chi connectivity index (χ1) is 9.69. The summed E-state index contributed by atoms with van der Waals surface area (Å²) >= 11 is 0. The molecule has 0 spiro atoms. The number of esters is 2. The van der Waals surface area contributed by atoms with Gasteiger partial charge < -0.3 is 9.47 Å². The second kappa shape index (κ2) is 6.52. The molecule has 0 atom stereocenters. The Morgan fingerprint density at radius 3 is 2.20 bits per heavy atom. The van der Waals surface area contributed by atoms with Crippen LogP contribution in [0.5, 0.6) is 5.75 Å². The Labute approximate surface area is 116 Å². The van der Waals surface area contributed by atoms with Crippen molar-refractivity contribution < 1.29 is 19.1 Å². The van der Waals surface area contributed by atoms with E-state index in [0.29, 0.717) is 11.3 Å². The van der Waals surface area contributed by atoms with Crippen LogP contribution in [0, 0.1) is 0 Å². The highest BCUT2D eigenvalue weighted by molar-refractivity contribution is 5.89. The van der Waals surface area contributed by atoms with Crippen LogP contribution in [-0.2, 0) is 16.0 Å². The molecule has 4 nitrogen and oxygen atoms in total. The third-order valence-corrected chi connectivity index (χ3v) is 2.70. The molecule has 0 aliphatic heterocycles. The maximum atomic E-state index is 11.7. The molecule has 0 saturated heterocycles. The number of hydrogen-bond donors (Lipinski definition) is 0. The van der Waals surface area contributed by atoms with Crippen LogP contribution in [0.25, 0.3) is 0 Å². The Bertz CT molecular complexity index is 588. The third kappa shape index (κ3) is 3.68. The topological polar surface area (TPSA) is 52.6 Å². The second-order valence-corrected chi connectivity index (χ2v) is 4.15. The molecule has 2 aromatic carbocycles. The molecule has 0 heterocycles. The average molecular weight is 270 g/mol. The van der Waals surface area contributed by atoms with E-state index in [1.165, 1.54) is 7.11 Å². The maximum Gasteiger partial charge on any atom is 0.337 e. The summed E-state index contributed by atoms with van der Waals surface area (Å²) in [6.45, 7) is 0. The zero-order chi connectivity index (χ0) is 14.4. The zero-order valence-corrected chi connectivity index (χ0v) is 11.0. The van der Waals surface area contributed by atoms with Gasteiger partial charge in [-0.1, -0.05) is 30.3 Å². The lowest BCUT2D eigenvalue weighted by atomic mass is 10.1. The summed E-state index contributed by atoms with van der Waals surface area (Å²) < 4.78 is 9.79. The van der Waals surface area contributed by atoms with Gasteiger partial charge in [0.15, 0.2) is 0 Å². The van der Waals surface area contributed by atoms with Crippen LogP contribution >= 0.6 is 0 Å². The highest BCUT2D eigenvalue weighted by Crippen LogP contribution is 2.14. The molecular weight excluding hydrogens is 256 g/mol. The average Bonchev–Trinajstić information content (AvgIpc) is 2.48. The number of benzene rings is 2. The van der Waals surface area contributed by atoms with Crippen LogP contribution in [0.2, 0.25) is 0 Å². The molecule has 0 aliphatic carbocycles. The lowest BCUT2D eigenvalue weighted by Gasteiger charge is -2.05. The fourth-order valence-corrected chi connectivity index (χ4v) is 1.71. The highest BCUT2D eigenvalue weighted by atomic mass is 16.5. The predicted molar refractivity (Wildman–Crippen MR) is 73.6 cm³/mol. The molecule has 4 heteroatoms. The van der Waals surface area contributed by atoms with Crippen LogP contribution in [-0.4, -0.2) is 19.0 Å². The molecule has 0 N–H and O–H groups in total. The minimum atomic E-state index is -0.424. The molecule has 2 rings (SSSR count). The highest BCUT2D eigenvalue weighted by Gasteiger charge is 2.08. The normalized spacial score (nSPS) is 9.85. The van der Waals surface area contributed by atoms with Crippen LogP contribution in [0.3, 0.4) is 0 Å². The number of carbonyl (C=O) groups is 2. The van der Waals surface area contributed by atoms with Crippen LogP contribution in [0.15, 0.2) is 54.6 Å². The van der Waals surface area contributed by atoms with Crippen LogP contribution in [0.1, 0.15) is 15.9 Å². The first-order valence-electron chi connectivity index (χ1n) is 6.12. The second-order valence-electron chi connectivity index (χ2n) is 4.15. The van der Waals surface area contributed by atoms with E-state index in [9.17, 15) is 9.59 Å². The Hall–Kier alpha value is -2.62. The van der Waals surface area contributed by atoms with Crippen molar-refractivity contribution in [2.45, 2.75) is 6.42 Å². The van der Waals surface area contributed by atoms with Gasteiger partial charge in [-0.25, -0.2) is 4.79 Å². The number of hydrogen-bond acceptors (Lipinski definition) is 4. The maximum absolute atomic E-state index is 11.7. The van der Waals surface area contributed by atoms with Gasteiger partial charge in [0.05, 0.1) is 19.1 Å². The van der Waals surface area contributed by atoms with Gasteiger partial charge in [0, 0.05) is 0 Å². The van der Waals surface area contributed by atoms with E-state index < -0.39 is 5.97 Å². The van der Waals surface area contributed by atoms with Crippen molar-refractivity contribution in [1.82, 2.24) is 0 Å². The molecule has 0 amide bonds. The molecule has 0 saturated carbocycles. The van der Waals surface area contributed by atoms with Gasteiger partial charge in [0.1, 0.15) is 5.75 Å². The fraction of sp³-hybridized carbons (Fsp3) is 0.125. The van der Waals surface area contributed by atoms with E-state index in [4.69, 9.17) is 4.74 Å². The molecule has 0 fully saturated rings. The van der Waals surface area contributed by atoms with Crippen LogP contribution in [0.4, 0.5) is 0 Å². The molecule has 2 aromatic rings. The molecular formula is C16H14O4. The molecule has 102 valence electrons. The SMILES string of the molecule is COC(=O)c1ccc(OC(=O)Cc2ccccc2)cc1. The van der Waals surface area contributed by atoms with Gasteiger partial charge >= 0.3 is 11.9 Å². The first kappa shape index (κ1) is 13.8. The molecule has 0 aliphatic rings. The monoisotopic (exact) mass is 270 g/mol. The summed E-state index contributed by atoms with van der Waals surface area (Å²) in [6.07, 6.45) is 0.208. The minimum absolute atomic E-state index is 0.208. The summed E-state index contributed by atoms with van der Waals surface area (Å²) in [5.41, 5.74) is 1.30. The Kier molecular flexibility index (Phi) is 4.50. The summed E-state index contributed by atoms with van der Waals surface area (Å²) in [7, 11) is 1.32. The molecule has 0 bridgehead atoms. The van der Waals surface area contributed by atoms with Crippen molar-refractivity contribution in [3.8, 4) is 5.75 Å². The van der Waals surface area contributed by atoms with Crippen molar-refractivity contribution in [2.75, 3.05) is 7.11 Å². The third-order valence-electron chi connectivity index (χ3n) is 2.70. The van der Waals surface area contributed by atoms with Gasteiger partial charge in [-0.15, -0.1) is 0 Å². The van der Waals surface area contributed by atoms with Crippen molar-refractivity contribution >= 4 is 11.9 Å². The largest absolute Gasteiger partial charge is 0.465 e. The molecule has 20 heavy (non-hydrogen) atoms. The van der Waals surface area contributed by atoms with Gasteiger partial charge in [-0.2, -0.15) is 0 Å². The fourth-order valence-electron chi connectivity index (χ4n) is 1.71. The standard InChI is InChI=1S/C16H14O4/c1-19-16(18)13-7-9-14(10-8-13)20-15(17)11-12-5-3-2-4-6-12/h2-10H,11H2,1H3. The lowest BCUT2D eigenvalue weighted by molar-refractivity contribution is -0.133. The molecule has 0 aromatic heterocycles. The zero-order valence-electron chi connectivity index (χ0n) is 11.0. The van der Waals surface area contributed by atoms with E-state index in [-0.39, 0.29) is 12.4 Å². The van der Waals surface area contributed by atoms with E-state index in [1.54, 1.807) is 24.3 Å². The van der Waals surface area contributed by atoms with Gasteiger partial charge in [-0.05, 0) is 29.8 Å². The number of methoxy groups -OCH3 is 1. The van der Waals surface area contributed by atoms with Crippen molar-refractivity contribution in [3.05, 3.63) is 65.7 Å². The molecule has 0 radical (unpaired) electrons. The van der Waals surface area contributed by atoms with E-state index in [1.807, 2.05) is 30.3 Å². The quantitative estimate of drug-likeness (QED) is 0.633. The van der Waals surface area contributed by atoms with E-state index >= 15 is 0 Å². The Balaban J connectivity index is 1.96. The number of ether oxygens (including phenoxy) is 2. The van der Waals surface area contributed by atoms with Crippen molar-refractivity contribution in [1.29, 1.82) is 0 Å². The first-order valence-corrected chi connectivity index (χ1v) is 6.12. The van der Waals surface area contributed by atoms with E-state index in [2.05, 4.69) is 4.74 Å². The summed E-state index contributed by atoms with van der Waals surface area (Å²) in [5.74, 6) is -0.368. The van der Waals surface area contributed by atoms with Gasteiger partial charge in [-0.3, -0.25) is 4.79 Å². The number of carbonyl (C=O) groups excluding carboxylic acids is 2. The van der Waals surface area contributed by atoms with Gasteiger partial charge in [0.25, 0.3) is 0 Å². The summed E-state index contributed by atoms with van der Waals surface area (Å²) in [4.78, 5) is 23.0. The lowest BCUT2D eigenvalue weighted by Crippen LogP contribution is -2.11. The summed E-state index contributed by atoms with van der Waals surface area (Å²) in [6, 6.07) is 15.6. The number of rotatable bonds is 4. The Morgan fingerprint density at radius 1 is 0.950 bits per heavy atom. The van der Waals surface area contributed by atoms with Crippen molar-refractivity contribution in [3.63, 3.8) is 0 Å². The summed E-state index contributed by atoms with van der Waals surface area (Å²) in [5, 5.41) is 0. The molecule has 0 unspecified atom stereocenters. The van der Waals surface area contributed by atoms with Gasteiger partial charge in [0.2, 0.25) is 0 Å².